The third-order valence-electron chi connectivity index (χ3n) is 4.61. The summed E-state index contributed by atoms with van der Waals surface area (Å²) >= 11 is 3.43. The first kappa shape index (κ1) is 20.8. The van der Waals surface area contributed by atoms with Gasteiger partial charge in [0.2, 0.25) is 10.0 Å². The van der Waals surface area contributed by atoms with Gasteiger partial charge >= 0.3 is 0 Å². The molecule has 8 heteroatoms. The first-order chi connectivity index (χ1) is 13.3. The van der Waals surface area contributed by atoms with Crippen molar-refractivity contribution in [2.24, 2.45) is 0 Å². The molecular weight excluding hydrogens is 444 g/mol. The van der Waals surface area contributed by atoms with Crippen LogP contribution in [-0.4, -0.2) is 38.3 Å². The lowest BCUT2D eigenvalue weighted by atomic mass is 10.1. The Bertz CT molecular complexity index is 945. The van der Waals surface area contributed by atoms with Crippen LogP contribution in [0.5, 0.6) is 5.75 Å². The molecule has 1 aliphatic heterocycles. The summed E-state index contributed by atoms with van der Waals surface area (Å²) < 4.78 is 33.2. The van der Waals surface area contributed by atoms with Crippen molar-refractivity contribution in [2.75, 3.05) is 25.0 Å². The Balaban J connectivity index is 1.60. The number of benzene rings is 2. The third kappa shape index (κ3) is 4.74. The van der Waals surface area contributed by atoms with Crippen molar-refractivity contribution in [3.8, 4) is 5.75 Å². The largest absolute Gasteiger partial charge is 0.483 e. The summed E-state index contributed by atoms with van der Waals surface area (Å²) in [5, 5.41) is 2.73. The molecular formula is C20H23BrN2O4S. The molecule has 0 spiro atoms. The molecule has 2 aromatic rings. The molecule has 1 fully saturated rings. The maximum absolute atomic E-state index is 12.5. The van der Waals surface area contributed by atoms with Crippen molar-refractivity contribution in [3.63, 3.8) is 0 Å². The number of hydrogen-bond donors (Lipinski definition) is 1. The van der Waals surface area contributed by atoms with Crippen molar-refractivity contribution in [1.82, 2.24) is 4.31 Å². The number of halogens is 1. The van der Waals surface area contributed by atoms with E-state index in [1.165, 1.54) is 16.4 Å². The van der Waals surface area contributed by atoms with Crippen molar-refractivity contribution in [2.45, 2.75) is 31.6 Å². The minimum atomic E-state index is -3.45. The monoisotopic (exact) mass is 466 g/mol. The van der Waals surface area contributed by atoms with Gasteiger partial charge in [-0.05, 0) is 74.2 Å². The van der Waals surface area contributed by atoms with Crippen molar-refractivity contribution in [1.29, 1.82) is 0 Å². The molecule has 0 unspecified atom stereocenters. The van der Waals surface area contributed by atoms with E-state index >= 15 is 0 Å². The van der Waals surface area contributed by atoms with E-state index < -0.39 is 10.0 Å². The first-order valence-corrected chi connectivity index (χ1v) is 11.3. The Morgan fingerprint density at radius 2 is 1.68 bits per heavy atom. The third-order valence-corrected chi connectivity index (χ3v) is 6.98. The van der Waals surface area contributed by atoms with Crippen LogP contribution in [0.3, 0.4) is 0 Å². The second-order valence-corrected chi connectivity index (χ2v) is 9.69. The zero-order valence-corrected chi connectivity index (χ0v) is 18.3. The smallest absolute Gasteiger partial charge is 0.262 e. The highest BCUT2D eigenvalue weighted by atomic mass is 79.9. The standard InChI is InChI=1S/C20H23BrN2O4S/c1-14-11-16(21)12-15(2)20(14)27-13-19(24)22-17-5-7-18(8-6-17)28(25,26)23-9-3-4-10-23/h5-8,11-12H,3-4,9-10,13H2,1-2H3,(H,22,24). The van der Waals surface area contributed by atoms with Gasteiger partial charge in [0.15, 0.2) is 6.61 Å². The number of amides is 1. The average Bonchev–Trinajstić information content (AvgIpc) is 3.17. The molecule has 0 radical (unpaired) electrons. The van der Waals surface area contributed by atoms with Crippen LogP contribution in [0.2, 0.25) is 0 Å². The normalized spacial score (nSPS) is 14.8. The summed E-state index contributed by atoms with van der Waals surface area (Å²) in [5.41, 5.74) is 2.41. The molecule has 0 bridgehead atoms. The zero-order valence-electron chi connectivity index (χ0n) is 15.9. The molecule has 1 saturated heterocycles. The van der Waals surface area contributed by atoms with Gasteiger partial charge in [0.25, 0.3) is 5.91 Å². The summed E-state index contributed by atoms with van der Waals surface area (Å²) in [5.74, 6) is 0.377. The van der Waals surface area contributed by atoms with Gasteiger partial charge in [0.1, 0.15) is 5.75 Å². The van der Waals surface area contributed by atoms with Crippen LogP contribution >= 0.6 is 15.9 Å². The zero-order chi connectivity index (χ0) is 20.3. The molecule has 3 rings (SSSR count). The molecule has 28 heavy (non-hydrogen) atoms. The maximum atomic E-state index is 12.5. The van der Waals surface area contributed by atoms with Gasteiger partial charge < -0.3 is 10.1 Å². The van der Waals surface area contributed by atoms with Crippen LogP contribution in [-0.2, 0) is 14.8 Å². The molecule has 1 aliphatic rings. The quantitative estimate of drug-likeness (QED) is 0.700. The molecule has 150 valence electrons. The van der Waals surface area contributed by atoms with Gasteiger partial charge in [-0.2, -0.15) is 4.31 Å². The molecule has 0 atom stereocenters. The highest BCUT2D eigenvalue weighted by Crippen LogP contribution is 2.27. The van der Waals surface area contributed by atoms with E-state index in [0.717, 1.165) is 28.4 Å². The topological polar surface area (TPSA) is 75.7 Å². The molecule has 2 aromatic carbocycles. The Morgan fingerprint density at radius 1 is 1.11 bits per heavy atom. The fraction of sp³-hybridized carbons (Fsp3) is 0.350. The molecule has 0 saturated carbocycles. The van der Waals surface area contributed by atoms with E-state index in [1.807, 2.05) is 26.0 Å². The molecule has 0 aromatic heterocycles. The predicted molar refractivity (Wildman–Crippen MR) is 112 cm³/mol. The van der Waals surface area contributed by atoms with Gasteiger partial charge in [-0.25, -0.2) is 8.42 Å². The molecule has 6 nitrogen and oxygen atoms in total. The second kappa shape index (κ2) is 8.63. The van der Waals surface area contributed by atoms with Gasteiger partial charge in [-0.15, -0.1) is 0 Å². The second-order valence-electron chi connectivity index (χ2n) is 6.84. The van der Waals surface area contributed by atoms with Crippen LogP contribution < -0.4 is 10.1 Å². The number of hydrogen-bond acceptors (Lipinski definition) is 4. The number of nitrogens with one attached hydrogen (secondary N) is 1. The SMILES string of the molecule is Cc1cc(Br)cc(C)c1OCC(=O)Nc1ccc(S(=O)(=O)N2CCCC2)cc1. The number of nitrogens with zero attached hydrogens (tertiary/aromatic N) is 1. The molecule has 1 amide bonds. The summed E-state index contributed by atoms with van der Waals surface area (Å²) in [6.07, 6.45) is 1.79. The lowest BCUT2D eigenvalue weighted by molar-refractivity contribution is -0.118. The number of carbonyl (C=O) groups is 1. The van der Waals surface area contributed by atoms with E-state index in [-0.39, 0.29) is 17.4 Å². The van der Waals surface area contributed by atoms with Crippen LogP contribution in [0.15, 0.2) is 45.8 Å². The summed E-state index contributed by atoms with van der Waals surface area (Å²) in [6.45, 7) is 4.84. The summed E-state index contributed by atoms with van der Waals surface area (Å²) in [4.78, 5) is 12.4. The van der Waals surface area contributed by atoms with Gasteiger partial charge in [-0.1, -0.05) is 15.9 Å². The number of rotatable bonds is 6. The fourth-order valence-electron chi connectivity index (χ4n) is 3.25. The van der Waals surface area contributed by atoms with Crippen LogP contribution in [0.4, 0.5) is 5.69 Å². The molecule has 1 heterocycles. The first-order valence-electron chi connectivity index (χ1n) is 9.07. The number of anilines is 1. The van der Waals surface area contributed by atoms with Crippen molar-refractivity contribution in [3.05, 3.63) is 52.0 Å². The maximum Gasteiger partial charge on any atom is 0.262 e. The molecule has 0 aliphatic carbocycles. The van der Waals surface area contributed by atoms with Crippen LogP contribution in [0.1, 0.15) is 24.0 Å². The van der Waals surface area contributed by atoms with E-state index in [1.54, 1.807) is 12.1 Å². The van der Waals surface area contributed by atoms with Crippen molar-refractivity contribution >= 4 is 37.5 Å². The van der Waals surface area contributed by atoms with Crippen LogP contribution in [0.25, 0.3) is 0 Å². The average molecular weight is 467 g/mol. The van der Waals surface area contributed by atoms with Gasteiger partial charge in [0.05, 0.1) is 4.90 Å². The number of ether oxygens (including phenoxy) is 1. The van der Waals surface area contributed by atoms with E-state index in [0.29, 0.717) is 24.5 Å². The van der Waals surface area contributed by atoms with E-state index in [4.69, 9.17) is 4.74 Å². The van der Waals surface area contributed by atoms with E-state index in [2.05, 4.69) is 21.2 Å². The summed E-state index contributed by atoms with van der Waals surface area (Å²) in [6, 6.07) is 10.1. The minimum absolute atomic E-state index is 0.128. The van der Waals surface area contributed by atoms with E-state index in [9.17, 15) is 13.2 Å². The summed E-state index contributed by atoms with van der Waals surface area (Å²) in [7, 11) is -3.45. The number of aryl methyl sites for hydroxylation is 2. The minimum Gasteiger partial charge on any atom is -0.483 e. The fourth-order valence-corrected chi connectivity index (χ4v) is 5.45. The highest BCUT2D eigenvalue weighted by Gasteiger charge is 2.26. The Morgan fingerprint density at radius 3 is 2.25 bits per heavy atom. The van der Waals surface area contributed by atoms with Gasteiger partial charge in [-0.3, -0.25) is 4.79 Å². The van der Waals surface area contributed by atoms with Crippen molar-refractivity contribution < 1.29 is 17.9 Å². The lowest BCUT2D eigenvalue weighted by Gasteiger charge is -2.16. The Hall–Kier alpha value is -1.90. The Kier molecular flexibility index (Phi) is 6.42. The number of carbonyl (C=O) groups excluding carboxylic acids is 1. The van der Waals surface area contributed by atoms with Gasteiger partial charge in [0, 0.05) is 23.2 Å². The highest BCUT2D eigenvalue weighted by molar-refractivity contribution is 9.10. The Labute approximate surface area is 174 Å². The lowest BCUT2D eigenvalue weighted by Crippen LogP contribution is -2.27. The van der Waals surface area contributed by atoms with Crippen LogP contribution in [0, 0.1) is 13.8 Å². The predicted octanol–water partition coefficient (Wildman–Crippen LogP) is 3.87. The molecule has 1 N–H and O–H groups in total. The number of sulfonamides is 1.